The van der Waals surface area contributed by atoms with Gasteiger partial charge in [0.15, 0.2) is 0 Å². The summed E-state index contributed by atoms with van der Waals surface area (Å²) in [6, 6.07) is 10.3. The van der Waals surface area contributed by atoms with Gasteiger partial charge in [-0.05, 0) is 54.8 Å². The Kier molecular flexibility index (Phi) is 7.15. The van der Waals surface area contributed by atoms with Crippen LogP contribution in [0.2, 0.25) is 0 Å². The number of sulfonamides is 1. The molecule has 2 aromatic carbocycles. The number of nitrogens with zero attached hydrogens (tertiary/aromatic N) is 1. The molecule has 1 atom stereocenters. The van der Waals surface area contributed by atoms with E-state index in [0.717, 1.165) is 9.87 Å². The summed E-state index contributed by atoms with van der Waals surface area (Å²) in [6.07, 6.45) is 0.481. The zero-order chi connectivity index (χ0) is 20.9. The van der Waals surface area contributed by atoms with Crippen molar-refractivity contribution in [3.05, 3.63) is 59.4 Å². The van der Waals surface area contributed by atoms with Gasteiger partial charge in [0.05, 0.1) is 18.0 Å². The highest BCUT2D eigenvalue weighted by atomic mass is 32.2. The van der Waals surface area contributed by atoms with E-state index in [4.69, 9.17) is 4.74 Å². The standard InChI is InChI=1S/C20H25FN2O4S/c1-14(15-5-8-17(21)9-6-15)22-20(24)12-7-16-13-18(10-11-19(16)27-4)28(25,26)23(2)3/h5-6,8-11,13-14H,7,12H2,1-4H3,(H,22,24). The van der Waals surface area contributed by atoms with Crippen molar-refractivity contribution in [2.24, 2.45) is 0 Å². The summed E-state index contributed by atoms with van der Waals surface area (Å²) < 4.78 is 44.1. The van der Waals surface area contributed by atoms with Gasteiger partial charge in [0.2, 0.25) is 15.9 Å². The molecule has 0 saturated heterocycles. The largest absolute Gasteiger partial charge is 0.496 e. The van der Waals surface area contributed by atoms with Crippen molar-refractivity contribution in [2.45, 2.75) is 30.7 Å². The molecule has 28 heavy (non-hydrogen) atoms. The molecule has 1 unspecified atom stereocenters. The van der Waals surface area contributed by atoms with Gasteiger partial charge in [-0.15, -0.1) is 0 Å². The normalized spacial score (nSPS) is 12.6. The summed E-state index contributed by atoms with van der Waals surface area (Å²) in [4.78, 5) is 12.5. The summed E-state index contributed by atoms with van der Waals surface area (Å²) in [7, 11) is 0.844. The van der Waals surface area contributed by atoms with Gasteiger partial charge in [-0.2, -0.15) is 0 Å². The third-order valence-corrected chi connectivity index (χ3v) is 6.21. The van der Waals surface area contributed by atoms with Crippen molar-refractivity contribution < 1.29 is 22.3 Å². The number of carbonyl (C=O) groups excluding carboxylic acids is 1. The quantitative estimate of drug-likeness (QED) is 0.729. The van der Waals surface area contributed by atoms with E-state index >= 15 is 0 Å². The molecule has 2 aromatic rings. The van der Waals surface area contributed by atoms with E-state index < -0.39 is 10.0 Å². The van der Waals surface area contributed by atoms with E-state index in [1.165, 1.54) is 45.5 Å². The SMILES string of the molecule is COc1ccc(S(=O)(=O)N(C)C)cc1CCC(=O)NC(C)c1ccc(F)cc1. The minimum atomic E-state index is -3.57. The highest BCUT2D eigenvalue weighted by molar-refractivity contribution is 7.89. The average molecular weight is 408 g/mol. The maximum atomic E-state index is 13.0. The third kappa shape index (κ3) is 5.30. The van der Waals surface area contributed by atoms with Crippen LogP contribution in [0.4, 0.5) is 4.39 Å². The molecule has 1 N–H and O–H groups in total. The summed E-state index contributed by atoms with van der Waals surface area (Å²) in [5, 5.41) is 2.86. The minimum absolute atomic E-state index is 0.147. The van der Waals surface area contributed by atoms with E-state index in [1.807, 2.05) is 6.92 Å². The van der Waals surface area contributed by atoms with Crippen LogP contribution < -0.4 is 10.1 Å². The lowest BCUT2D eigenvalue weighted by molar-refractivity contribution is -0.121. The maximum absolute atomic E-state index is 13.0. The van der Waals surface area contributed by atoms with Crippen LogP contribution in [0.5, 0.6) is 5.75 Å². The van der Waals surface area contributed by atoms with Gasteiger partial charge in [0.25, 0.3) is 0 Å². The van der Waals surface area contributed by atoms with Crippen LogP contribution in [-0.2, 0) is 21.2 Å². The van der Waals surface area contributed by atoms with Crippen molar-refractivity contribution in [3.63, 3.8) is 0 Å². The van der Waals surface area contributed by atoms with Crippen molar-refractivity contribution >= 4 is 15.9 Å². The fourth-order valence-corrected chi connectivity index (χ4v) is 3.67. The maximum Gasteiger partial charge on any atom is 0.242 e. The van der Waals surface area contributed by atoms with Crippen molar-refractivity contribution in [1.29, 1.82) is 0 Å². The lowest BCUT2D eigenvalue weighted by atomic mass is 10.1. The highest BCUT2D eigenvalue weighted by Gasteiger charge is 2.19. The summed E-state index contributed by atoms with van der Waals surface area (Å²) in [5.74, 6) is -0.00114. The molecule has 8 heteroatoms. The van der Waals surface area contributed by atoms with E-state index in [2.05, 4.69) is 5.32 Å². The molecule has 0 bridgehead atoms. The van der Waals surface area contributed by atoms with E-state index in [0.29, 0.717) is 17.7 Å². The monoisotopic (exact) mass is 408 g/mol. The van der Waals surface area contributed by atoms with Gasteiger partial charge in [0.1, 0.15) is 11.6 Å². The molecule has 0 aliphatic carbocycles. The highest BCUT2D eigenvalue weighted by Crippen LogP contribution is 2.25. The molecule has 0 fully saturated rings. The second kappa shape index (κ2) is 9.16. The lowest BCUT2D eigenvalue weighted by Crippen LogP contribution is -2.27. The van der Waals surface area contributed by atoms with E-state index in [-0.39, 0.29) is 29.1 Å². The molecule has 2 rings (SSSR count). The molecule has 0 radical (unpaired) electrons. The first-order chi connectivity index (χ1) is 13.1. The number of hydrogen-bond acceptors (Lipinski definition) is 4. The van der Waals surface area contributed by atoms with Crippen LogP contribution in [0.15, 0.2) is 47.4 Å². The molecular formula is C20H25FN2O4S. The zero-order valence-corrected chi connectivity index (χ0v) is 17.2. The molecule has 0 saturated carbocycles. The Morgan fingerprint density at radius 1 is 1.18 bits per heavy atom. The minimum Gasteiger partial charge on any atom is -0.496 e. The zero-order valence-electron chi connectivity index (χ0n) is 16.4. The molecular weight excluding hydrogens is 383 g/mol. The van der Waals surface area contributed by atoms with Crippen molar-refractivity contribution in [3.8, 4) is 5.75 Å². The van der Waals surface area contributed by atoms with Gasteiger partial charge in [-0.25, -0.2) is 17.1 Å². The Labute approximate surface area is 165 Å². The van der Waals surface area contributed by atoms with Gasteiger partial charge in [-0.3, -0.25) is 4.79 Å². The smallest absolute Gasteiger partial charge is 0.242 e. The second-order valence-corrected chi connectivity index (χ2v) is 8.75. The Bertz CT molecular complexity index is 928. The first-order valence-electron chi connectivity index (χ1n) is 8.79. The fraction of sp³-hybridized carbons (Fsp3) is 0.350. The molecule has 152 valence electrons. The fourth-order valence-electron chi connectivity index (χ4n) is 2.72. The van der Waals surface area contributed by atoms with Gasteiger partial charge < -0.3 is 10.1 Å². The van der Waals surface area contributed by atoms with Crippen LogP contribution in [-0.4, -0.2) is 39.8 Å². The van der Waals surface area contributed by atoms with Crippen LogP contribution in [0.3, 0.4) is 0 Å². The Morgan fingerprint density at radius 3 is 2.39 bits per heavy atom. The number of nitrogens with one attached hydrogen (secondary N) is 1. The van der Waals surface area contributed by atoms with Gasteiger partial charge in [-0.1, -0.05) is 12.1 Å². The van der Waals surface area contributed by atoms with E-state index in [1.54, 1.807) is 18.2 Å². The van der Waals surface area contributed by atoms with E-state index in [9.17, 15) is 17.6 Å². The molecule has 0 aromatic heterocycles. The number of ether oxygens (including phenoxy) is 1. The Balaban J connectivity index is 2.08. The first-order valence-corrected chi connectivity index (χ1v) is 10.2. The number of carbonyl (C=O) groups is 1. The van der Waals surface area contributed by atoms with Crippen LogP contribution in [0.25, 0.3) is 0 Å². The average Bonchev–Trinajstić information content (AvgIpc) is 2.66. The molecule has 0 heterocycles. The molecule has 0 aliphatic rings. The first kappa shape index (κ1) is 21.8. The van der Waals surface area contributed by atoms with Crippen LogP contribution >= 0.6 is 0 Å². The Morgan fingerprint density at radius 2 is 1.82 bits per heavy atom. The number of aryl methyl sites for hydroxylation is 1. The molecule has 0 aliphatic heterocycles. The summed E-state index contributed by atoms with van der Waals surface area (Å²) in [6.45, 7) is 1.82. The topological polar surface area (TPSA) is 75.7 Å². The number of benzene rings is 2. The number of methoxy groups -OCH3 is 1. The number of amides is 1. The molecule has 1 amide bonds. The number of hydrogen-bond donors (Lipinski definition) is 1. The van der Waals surface area contributed by atoms with Crippen molar-refractivity contribution in [1.82, 2.24) is 9.62 Å². The van der Waals surface area contributed by atoms with Crippen LogP contribution in [0, 0.1) is 5.82 Å². The van der Waals surface area contributed by atoms with Gasteiger partial charge >= 0.3 is 0 Å². The summed E-state index contributed by atoms with van der Waals surface area (Å²) in [5.41, 5.74) is 1.43. The lowest BCUT2D eigenvalue weighted by Gasteiger charge is -2.16. The second-order valence-electron chi connectivity index (χ2n) is 6.60. The van der Waals surface area contributed by atoms with Crippen molar-refractivity contribution in [2.75, 3.05) is 21.2 Å². The van der Waals surface area contributed by atoms with Gasteiger partial charge in [0, 0.05) is 20.5 Å². The predicted molar refractivity (Wildman–Crippen MR) is 105 cm³/mol. The molecule has 6 nitrogen and oxygen atoms in total. The predicted octanol–water partition coefficient (Wildman–Crippen LogP) is 2.89. The Hall–Kier alpha value is -2.45. The third-order valence-electron chi connectivity index (χ3n) is 4.40. The van der Waals surface area contributed by atoms with Crippen LogP contribution in [0.1, 0.15) is 30.5 Å². The number of halogens is 1. The molecule has 0 spiro atoms. The number of rotatable bonds is 8. The summed E-state index contributed by atoms with van der Waals surface area (Å²) >= 11 is 0.